The Kier molecular flexibility index (Phi) is 9.45. The van der Waals surface area contributed by atoms with Gasteiger partial charge < -0.3 is 19.6 Å². The topological polar surface area (TPSA) is 87.2 Å². The summed E-state index contributed by atoms with van der Waals surface area (Å²) in [6.07, 6.45) is 6.85. The highest BCUT2D eigenvalue weighted by Crippen LogP contribution is 2.27. The lowest BCUT2D eigenvalue weighted by molar-refractivity contribution is -0.149. The quantitative estimate of drug-likeness (QED) is 0.399. The molecular weight excluding hydrogens is 432 g/mol. The van der Waals surface area contributed by atoms with Gasteiger partial charge in [-0.3, -0.25) is 14.4 Å². The maximum absolute atomic E-state index is 13.4. The minimum atomic E-state index is -0.529. The van der Waals surface area contributed by atoms with Gasteiger partial charge in [0.2, 0.25) is 11.8 Å². The first kappa shape index (κ1) is 25.7. The van der Waals surface area contributed by atoms with Crippen molar-refractivity contribution in [2.75, 3.05) is 19.8 Å². The first-order chi connectivity index (χ1) is 16.5. The van der Waals surface area contributed by atoms with Gasteiger partial charge in [0.05, 0.1) is 24.6 Å². The Morgan fingerprint density at radius 3 is 2.59 bits per heavy atom. The molecule has 1 fully saturated rings. The summed E-state index contributed by atoms with van der Waals surface area (Å²) in [4.78, 5) is 42.1. The minimum absolute atomic E-state index is 0.0614. The van der Waals surface area contributed by atoms with Gasteiger partial charge in [-0.25, -0.2) is 0 Å². The normalized spacial score (nSPS) is 20.4. The van der Waals surface area contributed by atoms with Crippen LogP contribution in [0.3, 0.4) is 0 Å². The number of amides is 2. The van der Waals surface area contributed by atoms with E-state index in [1.54, 1.807) is 22.0 Å². The Morgan fingerprint density at radius 1 is 1.12 bits per heavy atom. The molecule has 7 heteroatoms. The Labute approximate surface area is 202 Å². The summed E-state index contributed by atoms with van der Waals surface area (Å²) in [6.45, 7) is 8.47. The van der Waals surface area contributed by atoms with E-state index in [0.29, 0.717) is 32.4 Å². The molecule has 1 saturated heterocycles. The van der Waals surface area contributed by atoms with Gasteiger partial charge in [-0.2, -0.15) is 0 Å². The maximum Gasteiger partial charge on any atom is 0.306 e. The fourth-order valence-electron chi connectivity index (χ4n) is 4.86. The van der Waals surface area contributed by atoms with E-state index < -0.39 is 5.92 Å². The summed E-state index contributed by atoms with van der Waals surface area (Å²) in [5, 5.41) is 9.92. The average molecular weight is 469 g/mol. The van der Waals surface area contributed by atoms with Crippen LogP contribution in [-0.4, -0.2) is 64.5 Å². The first-order valence-corrected chi connectivity index (χ1v) is 12.1. The molecule has 3 unspecified atom stereocenters. The van der Waals surface area contributed by atoms with E-state index in [4.69, 9.17) is 4.74 Å². The molecule has 184 valence electrons. The lowest BCUT2D eigenvalue weighted by Crippen LogP contribution is -2.48. The molecule has 1 N–H and O–H groups in total. The lowest BCUT2D eigenvalue weighted by Gasteiger charge is -2.37. The van der Waals surface area contributed by atoms with Gasteiger partial charge in [0.15, 0.2) is 0 Å². The second-order valence-electron chi connectivity index (χ2n) is 9.09. The Hall–Kier alpha value is -2.93. The summed E-state index contributed by atoms with van der Waals surface area (Å²) in [5.41, 5.74) is 2.22. The van der Waals surface area contributed by atoms with Crippen LogP contribution in [0.4, 0.5) is 0 Å². The average Bonchev–Trinajstić information content (AvgIpc) is 3.33. The number of benzene rings is 1. The molecule has 0 aromatic heterocycles. The van der Waals surface area contributed by atoms with Gasteiger partial charge in [-0.05, 0) is 43.2 Å². The zero-order valence-corrected chi connectivity index (χ0v) is 19.9. The van der Waals surface area contributed by atoms with Crippen LogP contribution in [-0.2, 0) is 32.1 Å². The van der Waals surface area contributed by atoms with E-state index in [1.807, 2.05) is 24.3 Å². The van der Waals surface area contributed by atoms with Crippen molar-refractivity contribution in [2.45, 2.75) is 63.6 Å². The molecule has 3 atom stereocenters. The fourth-order valence-corrected chi connectivity index (χ4v) is 4.86. The highest BCUT2D eigenvalue weighted by atomic mass is 16.5. The molecular formula is C27H36N2O5. The van der Waals surface area contributed by atoms with Crippen molar-refractivity contribution >= 4 is 17.8 Å². The van der Waals surface area contributed by atoms with E-state index in [-0.39, 0.29) is 55.9 Å². The number of likely N-dealkylation sites (tertiary alicyclic amines) is 1. The van der Waals surface area contributed by atoms with Crippen molar-refractivity contribution in [2.24, 2.45) is 5.92 Å². The predicted octanol–water partition coefficient (Wildman–Crippen LogP) is 3.02. The second kappa shape index (κ2) is 12.5. The third kappa shape index (κ3) is 6.35. The molecule has 1 aromatic rings. The first-order valence-electron chi connectivity index (χ1n) is 12.1. The summed E-state index contributed by atoms with van der Waals surface area (Å²) in [7, 11) is 0. The molecule has 0 aliphatic carbocycles. The number of ether oxygens (including phenoxy) is 1. The van der Waals surface area contributed by atoms with Crippen molar-refractivity contribution in [3.05, 3.63) is 60.7 Å². The van der Waals surface area contributed by atoms with Gasteiger partial charge in [-0.15, -0.1) is 13.2 Å². The van der Waals surface area contributed by atoms with Crippen LogP contribution in [0.25, 0.3) is 0 Å². The maximum atomic E-state index is 13.4. The molecule has 2 aliphatic heterocycles. The number of fused-ring (bicyclic) bond motifs is 1. The molecule has 2 heterocycles. The van der Waals surface area contributed by atoms with Gasteiger partial charge in [0.25, 0.3) is 0 Å². The lowest BCUT2D eigenvalue weighted by atomic mass is 9.92. The highest BCUT2D eigenvalue weighted by molar-refractivity contribution is 5.86. The number of aliphatic hydroxyl groups is 1. The molecule has 7 nitrogen and oxygen atoms in total. The van der Waals surface area contributed by atoms with Crippen LogP contribution >= 0.6 is 0 Å². The number of hydrogen-bond acceptors (Lipinski definition) is 5. The van der Waals surface area contributed by atoms with Crippen LogP contribution < -0.4 is 0 Å². The highest BCUT2D eigenvalue weighted by Gasteiger charge is 2.36. The number of carbonyl (C=O) groups is 3. The Morgan fingerprint density at radius 2 is 1.88 bits per heavy atom. The number of esters is 1. The number of allylic oxidation sites excluding steroid dienone is 2. The van der Waals surface area contributed by atoms with Gasteiger partial charge in [0.1, 0.15) is 6.61 Å². The van der Waals surface area contributed by atoms with Crippen molar-refractivity contribution in [3.8, 4) is 0 Å². The Bertz CT molecular complexity index is 899. The van der Waals surface area contributed by atoms with Gasteiger partial charge in [0, 0.05) is 25.9 Å². The predicted molar refractivity (Wildman–Crippen MR) is 130 cm³/mol. The largest absolute Gasteiger partial charge is 0.463 e. The summed E-state index contributed by atoms with van der Waals surface area (Å²) in [6, 6.07) is 7.48. The number of nitrogens with zero attached hydrogens (tertiary/aromatic N) is 2. The number of carbonyl (C=O) groups excluding carboxylic acids is 3. The Balaban J connectivity index is 1.64. The van der Waals surface area contributed by atoms with Gasteiger partial charge >= 0.3 is 5.97 Å². The fraction of sp³-hybridized carbons (Fsp3) is 0.519. The van der Waals surface area contributed by atoms with E-state index >= 15 is 0 Å². The van der Waals surface area contributed by atoms with Crippen molar-refractivity contribution in [1.82, 2.24) is 9.80 Å². The van der Waals surface area contributed by atoms with Crippen molar-refractivity contribution in [3.63, 3.8) is 0 Å². The molecule has 1 aromatic carbocycles. The third-order valence-corrected chi connectivity index (χ3v) is 6.76. The summed E-state index contributed by atoms with van der Waals surface area (Å²) < 4.78 is 5.38. The second-order valence-corrected chi connectivity index (χ2v) is 9.09. The summed E-state index contributed by atoms with van der Waals surface area (Å²) >= 11 is 0. The molecule has 0 saturated carbocycles. The minimum Gasteiger partial charge on any atom is -0.463 e. The monoisotopic (exact) mass is 468 g/mol. The molecule has 2 amide bonds. The van der Waals surface area contributed by atoms with Crippen molar-refractivity contribution in [1.29, 1.82) is 0 Å². The van der Waals surface area contributed by atoms with Crippen LogP contribution in [0.2, 0.25) is 0 Å². The number of rotatable bonds is 11. The van der Waals surface area contributed by atoms with E-state index in [0.717, 1.165) is 24.0 Å². The number of aliphatic hydroxyl groups excluding tert-OH is 1. The zero-order valence-electron chi connectivity index (χ0n) is 19.9. The third-order valence-electron chi connectivity index (χ3n) is 6.76. The van der Waals surface area contributed by atoms with E-state index in [2.05, 4.69) is 13.2 Å². The van der Waals surface area contributed by atoms with Crippen LogP contribution in [0.5, 0.6) is 0 Å². The molecule has 3 rings (SSSR count). The molecule has 34 heavy (non-hydrogen) atoms. The standard InChI is InChI=1S/C27H36N2O5/c1-3-5-13-26(32)34-19-23-12-8-14-28(23)27(33)21(9-4-2)16-25(31)29-17-22-11-7-6-10-20(22)15-24(29)18-30/h3-4,6-7,10-11,21,23-24,30H,1-2,5,8-9,12-19H2. The molecule has 0 radical (unpaired) electrons. The SMILES string of the molecule is C=CCCC(=O)OCC1CCCN1C(=O)C(CC=C)CC(=O)N1Cc2ccccc2CC1CO. The molecule has 0 bridgehead atoms. The van der Waals surface area contributed by atoms with Crippen LogP contribution in [0.1, 0.15) is 49.7 Å². The van der Waals surface area contributed by atoms with E-state index in [1.165, 1.54) is 0 Å². The molecule has 0 spiro atoms. The number of hydrogen-bond donors (Lipinski definition) is 1. The molecule has 2 aliphatic rings. The van der Waals surface area contributed by atoms with Gasteiger partial charge in [-0.1, -0.05) is 36.4 Å². The van der Waals surface area contributed by atoms with Crippen LogP contribution in [0, 0.1) is 5.92 Å². The van der Waals surface area contributed by atoms with Crippen LogP contribution in [0.15, 0.2) is 49.6 Å². The summed E-state index contributed by atoms with van der Waals surface area (Å²) in [5.74, 6) is -1.06. The smallest absolute Gasteiger partial charge is 0.306 e. The van der Waals surface area contributed by atoms with Crippen molar-refractivity contribution < 1.29 is 24.2 Å². The zero-order chi connectivity index (χ0) is 24.5. The van der Waals surface area contributed by atoms with E-state index in [9.17, 15) is 19.5 Å².